The summed E-state index contributed by atoms with van der Waals surface area (Å²) in [6.07, 6.45) is 3.57. The van der Waals surface area contributed by atoms with E-state index in [2.05, 4.69) is 10.3 Å². The van der Waals surface area contributed by atoms with Gasteiger partial charge in [0.25, 0.3) is 5.56 Å². The minimum Gasteiger partial charge on any atom is -0.396 e. The first-order valence-electron chi connectivity index (χ1n) is 9.11. The highest BCUT2D eigenvalue weighted by Gasteiger charge is 2.25. The van der Waals surface area contributed by atoms with E-state index in [4.69, 9.17) is 10.8 Å². The fourth-order valence-electron chi connectivity index (χ4n) is 3.29. The summed E-state index contributed by atoms with van der Waals surface area (Å²) in [6.45, 7) is 0.739. The van der Waals surface area contributed by atoms with Crippen molar-refractivity contribution in [3.8, 4) is 11.1 Å². The van der Waals surface area contributed by atoms with Crippen molar-refractivity contribution in [2.75, 3.05) is 24.2 Å². The monoisotopic (exact) mass is 386 g/mol. The number of aromatic nitrogens is 2. The highest BCUT2D eigenvalue weighted by Crippen LogP contribution is 2.33. The van der Waals surface area contributed by atoms with Crippen molar-refractivity contribution in [3.63, 3.8) is 0 Å². The zero-order valence-electron chi connectivity index (χ0n) is 15.1. The van der Waals surface area contributed by atoms with Crippen molar-refractivity contribution >= 4 is 22.4 Å². The van der Waals surface area contributed by atoms with Crippen molar-refractivity contribution in [1.82, 2.24) is 9.55 Å². The number of aliphatic hydroxyl groups excluding tert-OH is 1. The molecule has 2 aromatic heterocycles. The van der Waals surface area contributed by atoms with Gasteiger partial charge in [0.2, 0.25) is 0 Å². The van der Waals surface area contributed by atoms with Gasteiger partial charge in [0.05, 0.1) is 28.9 Å². The number of benzene rings is 1. The molecule has 1 aliphatic rings. The van der Waals surface area contributed by atoms with E-state index in [1.165, 1.54) is 6.07 Å². The first kappa shape index (κ1) is 18.4. The fraction of sp³-hybridized carbons (Fsp3) is 0.300. The molecule has 0 radical (unpaired) electrons. The van der Waals surface area contributed by atoms with Crippen LogP contribution in [0, 0.1) is 17.6 Å². The van der Waals surface area contributed by atoms with Crippen molar-refractivity contribution in [2.24, 2.45) is 5.92 Å². The summed E-state index contributed by atoms with van der Waals surface area (Å²) in [4.78, 5) is 17.5. The minimum atomic E-state index is -0.941. The van der Waals surface area contributed by atoms with E-state index < -0.39 is 22.8 Å². The molecule has 0 aliphatic heterocycles. The number of pyridine rings is 2. The Balaban J connectivity index is 1.95. The molecule has 0 amide bonds. The largest absolute Gasteiger partial charge is 0.396 e. The number of fused-ring (bicyclic) bond motifs is 1. The molecule has 0 bridgehead atoms. The third kappa shape index (κ3) is 3.31. The summed E-state index contributed by atoms with van der Waals surface area (Å²) in [5.74, 6) is -0.896. The lowest BCUT2D eigenvalue weighted by molar-refractivity contribution is 0.311. The van der Waals surface area contributed by atoms with Gasteiger partial charge >= 0.3 is 0 Å². The molecule has 3 aromatic rings. The lowest BCUT2D eigenvalue weighted by Crippen LogP contribution is -2.24. The molecule has 2 heterocycles. The standard InChI is InChI=1S/C20H20F2N4O2/c21-14-3-4-15(23)19(22)18(14)13-7-12-9-25-17(24-5-6-27)8-16(12)26(20(13)28)10-11-1-2-11/h3-4,7-9,11,27H,1-2,5-6,10,23H2,(H,24,25). The first-order valence-corrected chi connectivity index (χ1v) is 9.11. The molecule has 1 fully saturated rings. The number of hydrogen-bond donors (Lipinski definition) is 3. The van der Waals surface area contributed by atoms with Gasteiger partial charge in [-0.05, 0) is 37.0 Å². The number of nitrogen functional groups attached to an aromatic ring is 1. The Kier molecular flexibility index (Phi) is 4.72. The van der Waals surface area contributed by atoms with Crippen LogP contribution in [0.1, 0.15) is 12.8 Å². The Morgan fingerprint density at radius 2 is 2.07 bits per heavy atom. The van der Waals surface area contributed by atoms with Gasteiger partial charge in [-0.25, -0.2) is 13.8 Å². The molecule has 4 N–H and O–H groups in total. The van der Waals surface area contributed by atoms with Crippen LogP contribution >= 0.6 is 0 Å². The average Bonchev–Trinajstić information content (AvgIpc) is 3.50. The maximum absolute atomic E-state index is 14.6. The van der Waals surface area contributed by atoms with Crippen LogP contribution in [-0.4, -0.2) is 27.8 Å². The summed E-state index contributed by atoms with van der Waals surface area (Å²) in [5.41, 5.74) is 5.04. The van der Waals surface area contributed by atoms with E-state index in [1.807, 2.05) is 0 Å². The molecular formula is C20H20F2N4O2. The Hall–Kier alpha value is -3.00. The number of aliphatic hydroxyl groups is 1. The Morgan fingerprint density at radius 3 is 2.79 bits per heavy atom. The molecule has 146 valence electrons. The number of anilines is 2. The van der Waals surface area contributed by atoms with Gasteiger partial charge in [-0.3, -0.25) is 4.79 Å². The van der Waals surface area contributed by atoms with Crippen LogP contribution in [0.25, 0.3) is 22.0 Å². The second-order valence-electron chi connectivity index (χ2n) is 7.02. The number of rotatable bonds is 6. The maximum atomic E-state index is 14.6. The molecule has 4 rings (SSSR count). The summed E-state index contributed by atoms with van der Waals surface area (Å²) in [6, 6.07) is 5.36. The van der Waals surface area contributed by atoms with E-state index in [-0.39, 0.29) is 17.9 Å². The summed E-state index contributed by atoms with van der Waals surface area (Å²) >= 11 is 0. The van der Waals surface area contributed by atoms with Gasteiger partial charge in [-0.15, -0.1) is 0 Å². The van der Waals surface area contributed by atoms with Gasteiger partial charge in [0.1, 0.15) is 11.6 Å². The van der Waals surface area contributed by atoms with E-state index in [1.54, 1.807) is 16.8 Å². The molecule has 0 saturated heterocycles. The second kappa shape index (κ2) is 7.20. The zero-order valence-corrected chi connectivity index (χ0v) is 15.1. The van der Waals surface area contributed by atoms with E-state index >= 15 is 0 Å². The normalized spacial score (nSPS) is 13.8. The topological polar surface area (TPSA) is 93.2 Å². The van der Waals surface area contributed by atoms with E-state index in [0.717, 1.165) is 25.0 Å². The highest BCUT2D eigenvalue weighted by atomic mass is 19.1. The van der Waals surface area contributed by atoms with Crippen LogP contribution in [-0.2, 0) is 6.54 Å². The zero-order chi connectivity index (χ0) is 19.8. The van der Waals surface area contributed by atoms with Gasteiger partial charge in [-0.2, -0.15) is 0 Å². The fourth-order valence-corrected chi connectivity index (χ4v) is 3.29. The molecule has 6 nitrogen and oxygen atoms in total. The Morgan fingerprint density at radius 1 is 1.29 bits per heavy atom. The van der Waals surface area contributed by atoms with Crippen LogP contribution in [0.2, 0.25) is 0 Å². The van der Waals surface area contributed by atoms with E-state index in [9.17, 15) is 13.6 Å². The smallest absolute Gasteiger partial charge is 0.259 e. The van der Waals surface area contributed by atoms with Crippen molar-refractivity contribution in [1.29, 1.82) is 0 Å². The lowest BCUT2D eigenvalue weighted by atomic mass is 10.0. The van der Waals surface area contributed by atoms with Crippen molar-refractivity contribution in [3.05, 3.63) is 52.5 Å². The van der Waals surface area contributed by atoms with Crippen LogP contribution in [0.3, 0.4) is 0 Å². The minimum absolute atomic E-state index is 0.0541. The summed E-state index contributed by atoms with van der Waals surface area (Å²) in [5, 5.41) is 12.5. The maximum Gasteiger partial charge on any atom is 0.259 e. The molecule has 8 heteroatoms. The summed E-state index contributed by atoms with van der Waals surface area (Å²) in [7, 11) is 0. The predicted octanol–water partition coefficient (Wildman–Crippen LogP) is 2.74. The number of nitrogens with one attached hydrogen (secondary N) is 1. The van der Waals surface area contributed by atoms with Crippen LogP contribution in [0.15, 0.2) is 35.3 Å². The third-order valence-electron chi connectivity index (χ3n) is 4.92. The first-order chi connectivity index (χ1) is 13.5. The quantitative estimate of drug-likeness (QED) is 0.567. The van der Waals surface area contributed by atoms with Gasteiger partial charge in [-0.1, -0.05) is 0 Å². The number of hydrogen-bond acceptors (Lipinski definition) is 5. The average molecular weight is 386 g/mol. The SMILES string of the molecule is Nc1ccc(F)c(-c2cc3cnc(NCCO)cc3n(CC3CC3)c2=O)c1F. The van der Waals surface area contributed by atoms with E-state index in [0.29, 0.717) is 35.7 Å². The van der Waals surface area contributed by atoms with Crippen LogP contribution in [0.5, 0.6) is 0 Å². The number of halogens is 2. The molecular weight excluding hydrogens is 366 g/mol. The molecule has 1 saturated carbocycles. The second-order valence-corrected chi connectivity index (χ2v) is 7.02. The molecule has 0 atom stereocenters. The van der Waals surface area contributed by atoms with Crippen molar-refractivity contribution in [2.45, 2.75) is 19.4 Å². The predicted molar refractivity (Wildman–Crippen MR) is 104 cm³/mol. The Bertz CT molecular complexity index is 1110. The number of nitrogens with two attached hydrogens (primary N) is 1. The Labute approximate surface area is 159 Å². The highest BCUT2D eigenvalue weighted by molar-refractivity contribution is 5.86. The van der Waals surface area contributed by atoms with Gasteiger partial charge in [0, 0.05) is 30.7 Å². The van der Waals surface area contributed by atoms with Gasteiger partial charge in [0.15, 0.2) is 5.82 Å². The third-order valence-corrected chi connectivity index (χ3v) is 4.92. The molecule has 1 aliphatic carbocycles. The lowest BCUT2D eigenvalue weighted by Gasteiger charge is -2.15. The molecule has 0 spiro atoms. The molecule has 28 heavy (non-hydrogen) atoms. The molecule has 0 unspecified atom stereocenters. The van der Waals surface area contributed by atoms with Crippen LogP contribution in [0.4, 0.5) is 20.3 Å². The molecule has 1 aromatic carbocycles. The van der Waals surface area contributed by atoms with Gasteiger partial charge < -0.3 is 20.7 Å². The number of nitrogens with zero attached hydrogens (tertiary/aromatic N) is 2. The summed E-state index contributed by atoms with van der Waals surface area (Å²) < 4.78 is 30.5. The van der Waals surface area contributed by atoms with Crippen LogP contribution < -0.4 is 16.6 Å². The van der Waals surface area contributed by atoms with Crippen molar-refractivity contribution < 1.29 is 13.9 Å².